The van der Waals surface area contributed by atoms with E-state index < -0.39 is 11.6 Å². The van der Waals surface area contributed by atoms with E-state index in [1.165, 1.54) is 12.1 Å². The molecule has 0 heterocycles. The van der Waals surface area contributed by atoms with E-state index >= 15 is 0 Å². The molecular formula is C11H15F2NO. The van der Waals surface area contributed by atoms with Crippen molar-refractivity contribution in [2.24, 2.45) is 5.73 Å². The van der Waals surface area contributed by atoms with E-state index in [1.807, 2.05) is 0 Å². The smallest absolute Gasteiger partial charge is 0.190 e. The predicted molar refractivity (Wildman–Crippen MR) is 54.9 cm³/mol. The highest BCUT2D eigenvalue weighted by Crippen LogP contribution is 2.25. The molecule has 0 radical (unpaired) electrons. The molecule has 0 atom stereocenters. The summed E-state index contributed by atoms with van der Waals surface area (Å²) < 4.78 is 31.7. The summed E-state index contributed by atoms with van der Waals surface area (Å²) in [6.45, 7) is 2.42. The number of benzene rings is 1. The molecule has 4 heteroatoms. The Morgan fingerprint density at radius 1 is 1.33 bits per heavy atom. The predicted octanol–water partition coefficient (Wildman–Crippen LogP) is 2.25. The van der Waals surface area contributed by atoms with Crippen LogP contribution in [0.25, 0.3) is 0 Å². The fraction of sp³-hybridized carbons (Fsp3) is 0.455. The number of hydrogen-bond donors (Lipinski definition) is 1. The molecule has 0 unspecified atom stereocenters. The van der Waals surface area contributed by atoms with Crippen LogP contribution in [0.3, 0.4) is 0 Å². The van der Waals surface area contributed by atoms with Crippen LogP contribution in [0.4, 0.5) is 8.78 Å². The average molecular weight is 215 g/mol. The van der Waals surface area contributed by atoms with Crippen molar-refractivity contribution in [3.05, 3.63) is 29.3 Å². The molecule has 0 saturated heterocycles. The molecule has 2 nitrogen and oxygen atoms in total. The standard InChI is InChI=1S/C11H15F2NO/c1-2-15-11-9(12)6-5-8(10(11)13)4-3-7-14/h5-6H,2-4,7,14H2,1H3. The van der Waals surface area contributed by atoms with Crippen molar-refractivity contribution in [3.8, 4) is 5.75 Å². The average Bonchev–Trinajstić information content (AvgIpc) is 2.23. The highest BCUT2D eigenvalue weighted by atomic mass is 19.1. The van der Waals surface area contributed by atoms with Crippen LogP contribution in [0.1, 0.15) is 18.9 Å². The normalized spacial score (nSPS) is 10.4. The molecule has 0 saturated carbocycles. The summed E-state index contributed by atoms with van der Waals surface area (Å²) in [6.07, 6.45) is 1.18. The van der Waals surface area contributed by atoms with E-state index in [4.69, 9.17) is 10.5 Å². The van der Waals surface area contributed by atoms with E-state index in [0.717, 1.165) is 0 Å². The van der Waals surface area contributed by atoms with Gasteiger partial charge in [0.15, 0.2) is 17.4 Å². The molecule has 0 aromatic heterocycles. The zero-order valence-electron chi connectivity index (χ0n) is 8.72. The number of hydrogen-bond acceptors (Lipinski definition) is 2. The van der Waals surface area contributed by atoms with E-state index in [2.05, 4.69) is 0 Å². The maximum Gasteiger partial charge on any atom is 0.190 e. The zero-order valence-corrected chi connectivity index (χ0v) is 8.72. The number of halogens is 2. The van der Waals surface area contributed by atoms with Gasteiger partial charge in [0.2, 0.25) is 0 Å². The number of rotatable bonds is 5. The van der Waals surface area contributed by atoms with Gasteiger partial charge < -0.3 is 10.5 Å². The lowest BCUT2D eigenvalue weighted by atomic mass is 10.1. The molecule has 0 aliphatic rings. The zero-order chi connectivity index (χ0) is 11.3. The molecule has 0 aliphatic heterocycles. The minimum absolute atomic E-state index is 0.244. The van der Waals surface area contributed by atoms with Crippen LogP contribution in [0.2, 0.25) is 0 Å². The van der Waals surface area contributed by atoms with Crippen molar-refractivity contribution >= 4 is 0 Å². The van der Waals surface area contributed by atoms with E-state index in [1.54, 1.807) is 6.92 Å². The second kappa shape index (κ2) is 5.66. The first-order valence-corrected chi connectivity index (χ1v) is 5.00. The quantitative estimate of drug-likeness (QED) is 0.817. The van der Waals surface area contributed by atoms with Crippen molar-refractivity contribution in [1.82, 2.24) is 0 Å². The first kappa shape index (κ1) is 11.9. The summed E-state index contributed by atoms with van der Waals surface area (Å²) in [6, 6.07) is 2.66. The van der Waals surface area contributed by atoms with Gasteiger partial charge in [-0.05, 0) is 37.9 Å². The molecule has 0 amide bonds. The van der Waals surface area contributed by atoms with Gasteiger partial charge in [0.25, 0.3) is 0 Å². The van der Waals surface area contributed by atoms with Crippen LogP contribution in [-0.2, 0) is 6.42 Å². The maximum atomic E-state index is 13.6. The molecule has 1 rings (SSSR count). The van der Waals surface area contributed by atoms with E-state index in [0.29, 0.717) is 24.9 Å². The molecule has 1 aromatic rings. The fourth-order valence-corrected chi connectivity index (χ4v) is 1.34. The van der Waals surface area contributed by atoms with Crippen molar-refractivity contribution in [3.63, 3.8) is 0 Å². The van der Waals surface area contributed by atoms with Gasteiger partial charge in [0, 0.05) is 0 Å². The van der Waals surface area contributed by atoms with Gasteiger partial charge in [0.05, 0.1) is 6.61 Å². The van der Waals surface area contributed by atoms with E-state index in [9.17, 15) is 8.78 Å². The molecule has 15 heavy (non-hydrogen) atoms. The third kappa shape index (κ3) is 2.89. The van der Waals surface area contributed by atoms with Gasteiger partial charge >= 0.3 is 0 Å². The highest BCUT2D eigenvalue weighted by molar-refractivity contribution is 5.32. The number of aryl methyl sites for hydroxylation is 1. The van der Waals surface area contributed by atoms with Crippen molar-refractivity contribution in [2.75, 3.05) is 13.2 Å². The fourth-order valence-electron chi connectivity index (χ4n) is 1.34. The molecule has 84 valence electrons. The SMILES string of the molecule is CCOc1c(F)ccc(CCCN)c1F. The third-order valence-corrected chi connectivity index (χ3v) is 2.07. The first-order chi connectivity index (χ1) is 7.20. The van der Waals surface area contributed by atoms with Crippen molar-refractivity contribution in [1.29, 1.82) is 0 Å². The summed E-state index contributed by atoms with van der Waals surface area (Å²) >= 11 is 0. The molecule has 0 spiro atoms. The molecule has 2 N–H and O–H groups in total. The lowest BCUT2D eigenvalue weighted by Gasteiger charge is -2.09. The molecule has 0 aliphatic carbocycles. The van der Waals surface area contributed by atoms with Crippen LogP contribution in [0, 0.1) is 11.6 Å². The Hall–Kier alpha value is -1.16. The van der Waals surface area contributed by atoms with Gasteiger partial charge in [-0.1, -0.05) is 6.07 Å². The third-order valence-electron chi connectivity index (χ3n) is 2.07. The van der Waals surface area contributed by atoms with E-state index in [-0.39, 0.29) is 12.4 Å². The largest absolute Gasteiger partial charge is 0.488 e. The Labute approximate surface area is 88.0 Å². The second-order valence-electron chi connectivity index (χ2n) is 3.17. The van der Waals surface area contributed by atoms with Crippen LogP contribution in [0.15, 0.2) is 12.1 Å². The van der Waals surface area contributed by atoms with Crippen LogP contribution < -0.4 is 10.5 Å². The topological polar surface area (TPSA) is 35.2 Å². The summed E-state index contributed by atoms with van der Waals surface area (Å²) in [4.78, 5) is 0. The molecule has 1 aromatic carbocycles. The lowest BCUT2D eigenvalue weighted by Crippen LogP contribution is -2.04. The Kier molecular flexibility index (Phi) is 4.49. The number of ether oxygens (including phenoxy) is 1. The number of nitrogens with two attached hydrogens (primary N) is 1. The Bertz CT molecular complexity index is 329. The molecule has 0 bridgehead atoms. The summed E-state index contributed by atoms with van der Waals surface area (Å²) in [7, 11) is 0. The minimum atomic E-state index is -0.661. The summed E-state index contributed by atoms with van der Waals surface area (Å²) in [5.74, 6) is -1.55. The van der Waals surface area contributed by atoms with Gasteiger partial charge in [-0.3, -0.25) is 0 Å². The molecular weight excluding hydrogens is 200 g/mol. The Balaban J connectivity index is 2.94. The van der Waals surface area contributed by atoms with Crippen LogP contribution in [-0.4, -0.2) is 13.2 Å². The van der Waals surface area contributed by atoms with Gasteiger partial charge in [-0.15, -0.1) is 0 Å². The minimum Gasteiger partial charge on any atom is -0.488 e. The lowest BCUT2D eigenvalue weighted by molar-refractivity contribution is 0.301. The monoisotopic (exact) mass is 215 g/mol. The van der Waals surface area contributed by atoms with Crippen LogP contribution in [0.5, 0.6) is 5.75 Å². The Morgan fingerprint density at radius 2 is 2.07 bits per heavy atom. The summed E-state index contributed by atoms with van der Waals surface area (Å²) in [5, 5.41) is 0. The first-order valence-electron chi connectivity index (χ1n) is 5.00. The maximum absolute atomic E-state index is 13.6. The Morgan fingerprint density at radius 3 is 2.67 bits per heavy atom. The van der Waals surface area contributed by atoms with Crippen molar-refractivity contribution < 1.29 is 13.5 Å². The van der Waals surface area contributed by atoms with Crippen molar-refractivity contribution in [2.45, 2.75) is 19.8 Å². The van der Waals surface area contributed by atoms with Gasteiger partial charge in [0.1, 0.15) is 0 Å². The highest BCUT2D eigenvalue weighted by Gasteiger charge is 2.13. The van der Waals surface area contributed by atoms with Gasteiger partial charge in [-0.25, -0.2) is 8.78 Å². The second-order valence-corrected chi connectivity index (χ2v) is 3.17. The van der Waals surface area contributed by atoms with Gasteiger partial charge in [-0.2, -0.15) is 0 Å². The van der Waals surface area contributed by atoms with Crippen LogP contribution >= 0.6 is 0 Å². The summed E-state index contributed by atoms with van der Waals surface area (Å²) in [5.41, 5.74) is 5.77. The molecule has 0 fully saturated rings.